The maximum absolute atomic E-state index is 15.5. The van der Waals surface area contributed by atoms with Crippen LogP contribution in [-0.4, -0.2) is 81.6 Å². The fourth-order valence-electron chi connectivity index (χ4n) is 4.76. The van der Waals surface area contributed by atoms with Crippen molar-refractivity contribution >= 4 is 32.5 Å². The van der Waals surface area contributed by atoms with Gasteiger partial charge >= 0.3 is 0 Å². The van der Waals surface area contributed by atoms with Crippen molar-refractivity contribution in [3.05, 3.63) is 35.8 Å². The molecule has 1 aliphatic heterocycles. The van der Waals surface area contributed by atoms with Crippen LogP contribution in [0.15, 0.2) is 18.3 Å². The second-order valence-corrected chi connectivity index (χ2v) is 11.3. The summed E-state index contributed by atoms with van der Waals surface area (Å²) in [6.07, 6.45) is -1.66. The Labute approximate surface area is 227 Å². The Bertz CT molecular complexity index is 1830. The highest BCUT2D eigenvalue weighted by molar-refractivity contribution is 7.88. The Balaban J connectivity index is 1.62. The number of fused-ring (bicyclic) bond motifs is 2. The lowest BCUT2D eigenvalue weighted by Crippen LogP contribution is -2.55. The van der Waals surface area contributed by atoms with Crippen molar-refractivity contribution in [3.63, 3.8) is 0 Å². The monoisotopic (exact) mass is 594 g/mol. The number of ether oxygens (including phenoxy) is 1. The molecule has 0 unspecified atom stereocenters. The minimum absolute atomic E-state index is 0.0678. The third kappa shape index (κ3) is 4.91. The van der Waals surface area contributed by atoms with Crippen LogP contribution in [0.1, 0.15) is 16.4 Å². The van der Waals surface area contributed by atoms with E-state index in [0.29, 0.717) is 4.31 Å². The molecule has 216 valence electrons. The summed E-state index contributed by atoms with van der Waals surface area (Å²) in [6.45, 7) is -0.841. The van der Waals surface area contributed by atoms with Crippen LogP contribution in [-0.2, 0) is 16.6 Å². The Kier molecular flexibility index (Phi) is 5.93. The molecule has 0 bridgehead atoms. The molecule has 1 fully saturated rings. The highest BCUT2D eigenvalue weighted by Gasteiger charge is 2.47. The molecule has 0 radical (unpaired) electrons. The molecule has 5 rings (SSSR count). The maximum Gasteiger partial charge on any atom is 0.281 e. The molecule has 1 aromatic carbocycles. The SMILES string of the molecule is [2H]C([2H])([2H])Oc1nc(N[C@@H]2CCN(S(C)(=O)=O)CC2(F)F)nn2cc(F)c(-c3cc(F)c4nc(C)n(CC(F)F)c4c3)c12. The highest BCUT2D eigenvalue weighted by atomic mass is 32.2. The van der Waals surface area contributed by atoms with Gasteiger partial charge < -0.3 is 14.6 Å². The van der Waals surface area contributed by atoms with Crippen LogP contribution in [0.3, 0.4) is 0 Å². The molecule has 0 saturated carbocycles. The summed E-state index contributed by atoms with van der Waals surface area (Å²) in [5.74, 6) is -6.99. The van der Waals surface area contributed by atoms with Crippen LogP contribution >= 0.6 is 0 Å². The highest BCUT2D eigenvalue weighted by Crippen LogP contribution is 2.37. The molecule has 40 heavy (non-hydrogen) atoms. The summed E-state index contributed by atoms with van der Waals surface area (Å²) in [4.78, 5) is 7.85. The van der Waals surface area contributed by atoms with Crippen LogP contribution in [0.2, 0.25) is 0 Å². The molecule has 0 amide bonds. The number of sulfonamides is 1. The first-order valence-electron chi connectivity index (χ1n) is 13.2. The topological polar surface area (TPSA) is 107 Å². The third-order valence-corrected chi connectivity index (χ3v) is 7.84. The predicted molar refractivity (Wildman–Crippen MR) is 132 cm³/mol. The molecule has 1 atom stereocenters. The van der Waals surface area contributed by atoms with E-state index in [-0.39, 0.29) is 35.4 Å². The van der Waals surface area contributed by atoms with E-state index in [1.807, 2.05) is 0 Å². The first-order chi connectivity index (χ1) is 19.8. The minimum atomic E-state index is -3.91. The van der Waals surface area contributed by atoms with Crippen molar-refractivity contribution in [2.75, 3.05) is 31.7 Å². The van der Waals surface area contributed by atoms with Gasteiger partial charge in [-0.1, -0.05) is 0 Å². The lowest BCUT2D eigenvalue weighted by Gasteiger charge is -2.37. The lowest BCUT2D eigenvalue weighted by molar-refractivity contribution is -0.0541. The quantitative estimate of drug-likeness (QED) is 0.326. The average Bonchev–Trinajstić information content (AvgIpc) is 3.34. The Morgan fingerprint density at radius 1 is 1.25 bits per heavy atom. The first-order valence-corrected chi connectivity index (χ1v) is 13.5. The Hall–Kier alpha value is -3.60. The fraction of sp³-hybridized carbons (Fsp3) is 0.435. The lowest BCUT2D eigenvalue weighted by atomic mass is 10.0. The van der Waals surface area contributed by atoms with E-state index in [1.54, 1.807) is 0 Å². The van der Waals surface area contributed by atoms with Gasteiger partial charge in [-0.15, -0.1) is 5.10 Å². The number of imidazole rings is 1. The molecular formula is C23H23F6N7O3S. The van der Waals surface area contributed by atoms with E-state index in [4.69, 9.17) is 8.85 Å². The number of aryl methyl sites for hydroxylation is 1. The van der Waals surface area contributed by atoms with Crippen LogP contribution in [0.4, 0.5) is 32.3 Å². The molecule has 17 heteroatoms. The van der Waals surface area contributed by atoms with E-state index in [1.165, 1.54) is 13.0 Å². The smallest absolute Gasteiger partial charge is 0.281 e. The minimum Gasteiger partial charge on any atom is -0.479 e. The predicted octanol–water partition coefficient (Wildman–Crippen LogP) is 3.69. The number of rotatable bonds is 7. The molecular weight excluding hydrogens is 568 g/mol. The molecule has 10 nitrogen and oxygen atoms in total. The van der Waals surface area contributed by atoms with Crippen LogP contribution in [0.25, 0.3) is 27.7 Å². The van der Waals surface area contributed by atoms with Crippen molar-refractivity contribution in [3.8, 4) is 17.0 Å². The van der Waals surface area contributed by atoms with Crippen molar-refractivity contribution < 1.29 is 43.6 Å². The molecule has 1 aliphatic rings. The van der Waals surface area contributed by atoms with Gasteiger partial charge in [-0.2, -0.15) is 9.29 Å². The van der Waals surface area contributed by atoms with Crippen molar-refractivity contribution in [1.82, 2.24) is 28.5 Å². The summed E-state index contributed by atoms with van der Waals surface area (Å²) >= 11 is 0. The summed E-state index contributed by atoms with van der Waals surface area (Å²) in [5, 5.41) is 6.31. The molecule has 4 aromatic rings. The molecule has 1 N–H and O–H groups in total. The molecule has 3 aromatic heterocycles. The van der Waals surface area contributed by atoms with E-state index < -0.39 is 83.1 Å². The normalized spacial score (nSPS) is 19.6. The number of hydrogen-bond acceptors (Lipinski definition) is 7. The second-order valence-electron chi connectivity index (χ2n) is 9.32. The van der Waals surface area contributed by atoms with Crippen molar-refractivity contribution in [2.45, 2.75) is 38.3 Å². The Morgan fingerprint density at radius 2 is 2.00 bits per heavy atom. The van der Waals surface area contributed by atoms with Gasteiger partial charge in [-0.05, 0) is 31.0 Å². The standard InChI is InChI=1S/C23H23F6N7O3S/c1-11-30-19-13(24)6-12(7-15(19)35(11)9-17(26)27)18-14(25)8-36-20(18)21(39-2)32-22(33-36)31-16-4-5-34(40(3,37)38)10-23(16,28)29/h6-8,16-17H,4-5,9-10H2,1-3H3,(H,31,33)/t16-/m1/s1/i2D3. The first kappa shape index (κ1) is 24.2. The van der Waals surface area contributed by atoms with E-state index >= 15 is 8.78 Å². The van der Waals surface area contributed by atoms with Crippen LogP contribution in [0.5, 0.6) is 5.88 Å². The zero-order chi connectivity index (χ0) is 31.6. The number of anilines is 1. The van der Waals surface area contributed by atoms with Gasteiger partial charge in [0.15, 0.2) is 11.6 Å². The van der Waals surface area contributed by atoms with Crippen LogP contribution < -0.4 is 10.1 Å². The molecule has 0 spiro atoms. The van der Waals surface area contributed by atoms with Gasteiger partial charge in [0.05, 0.1) is 53.8 Å². The van der Waals surface area contributed by atoms with Gasteiger partial charge in [0.25, 0.3) is 12.3 Å². The third-order valence-electron chi connectivity index (χ3n) is 6.59. The number of aromatic nitrogens is 5. The number of methoxy groups -OCH3 is 1. The summed E-state index contributed by atoms with van der Waals surface area (Å²) in [5.41, 5.74) is -1.45. The largest absolute Gasteiger partial charge is 0.479 e. The number of benzene rings is 1. The number of nitrogens with zero attached hydrogens (tertiary/aromatic N) is 6. The number of alkyl halides is 4. The number of piperidine rings is 1. The van der Waals surface area contributed by atoms with Crippen molar-refractivity contribution in [1.29, 1.82) is 0 Å². The fourth-order valence-corrected chi connectivity index (χ4v) is 5.61. The van der Waals surface area contributed by atoms with Gasteiger partial charge in [-0.25, -0.2) is 44.3 Å². The van der Waals surface area contributed by atoms with Gasteiger partial charge in [0.1, 0.15) is 16.9 Å². The summed E-state index contributed by atoms with van der Waals surface area (Å²) in [7, 11) is -7.07. The second kappa shape index (κ2) is 9.79. The molecule has 4 heterocycles. The van der Waals surface area contributed by atoms with Crippen LogP contribution in [0, 0.1) is 18.6 Å². The number of nitrogens with one attached hydrogen (secondary N) is 1. The number of halogens is 6. The van der Waals surface area contributed by atoms with E-state index in [9.17, 15) is 26.0 Å². The molecule has 1 saturated heterocycles. The van der Waals surface area contributed by atoms with E-state index in [2.05, 4.69) is 20.4 Å². The maximum atomic E-state index is 15.5. The summed E-state index contributed by atoms with van der Waals surface area (Å²) in [6, 6.07) is 0.348. The zero-order valence-electron chi connectivity index (χ0n) is 23.8. The van der Waals surface area contributed by atoms with E-state index in [0.717, 1.165) is 27.6 Å². The average molecular weight is 595 g/mol. The van der Waals surface area contributed by atoms with Gasteiger partial charge in [0, 0.05) is 6.54 Å². The van der Waals surface area contributed by atoms with Gasteiger partial charge in [-0.3, -0.25) is 0 Å². The zero-order valence-corrected chi connectivity index (χ0v) is 21.6. The Morgan fingerprint density at radius 3 is 2.65 bits per heavy atom. The van der Waals surface area contributed by atoms with Gasteiger partial charge in [0.2, 0.25) is 21.9 Å². The molecule has 0 aliphatic carbocycles. The van der Waals surface area contributed by atoms with Crippen molar-refractivity contribution in [2.24, 2.45) is 0 Å². The number of hydrogen-bond donors (Lipinski definition) is 1. The summed E-state index contributed by atoms with van der Waals surface area (Å²) < 4.78 is 140.